The van der Waals surface area contributed by atoms with E-state index in [2.05, 4.69) is 26.0 Å². The Morgan fingerprint density at radius 3 is 2.26 bits per heavy atom. The molecule has 31 heavy (non-hydrogen) atoms. The van der Waals surface area contributed by atoms with E-state index in [-0.39, 0.29) is 24.9 Å². The fourth-order valence-electron chi connectivity index (χ4n) is 4.55. The van der Waals surface area contributed by atoms with Gasteiger partial charge in [0.15, 0.2) is 23.0 Å². The molecule has 5 rings (SSSR count). The fourth-order valence-corrected chi connectivity index (χ4v) is 4.55. The van der Waals surface area contributed by atoms with Crippen LogP contribution in [0.2, 0.25) is 0 Å². The predicted octanol–water partition coefficient (Wildman–Crippen LogP) is 5.05. The van der Waals surface area contributed by atoms with Crippen LogP contribution in [0.25, 0.3) is 0 Å². The van der Waals surface area contributed by atoms with E-state index in [4.69, 9.17) is 28.4 Å². The number of ether oxygens (including phenoxy) is 6. The molecular formula is C25H28O6. The highest BCUT2D eigenvalue weighted by Gasteiger charge is 2.48. The van der Waals surface area contributed by atoms with Crippen LogP contribution in [0.3, 0.4) is 0 Å². The standard InChI is InChI=1S/C25H28O6/c1-15(2)8-9-27-20-6-4-16(10-22(20)26-3)24-18-12-29-25(19(18)13-28-24)17-5-7-21-23(11-17)31-14-30-21/h4-11,15,18-19,24-25H,12-14H2,1-3H3. The first kappa shape index (κ1) is 20.2. The number of methoxy groups -OCH3 is 1. The topological polar surface area (TPSA) is 55.4 Å². The zero-order valence-corrected chi connectivity index (χ0v) is 18.1. The second-order valence-corrected chi connectivity index (χ2v) is 8.55. The van der Waals surface area contributed by atoms with Gasteiger partial charge in [-0.2, -0.15) is 0 Å². The second kappa shape index (κ2) is 8.44. The molecule has 164 valence electrons. The highest BCUT2D eigenvalue weighted by Crippen LogP contribution is 2.51. The van der Waals surface area contributed by atoms with Crippen molar-refractivity contribution in [3.8, 4) is 23.0 Å². The highest BCUT2D eigenvalue weighted by atomic mass is 16.7. The van der Waals surface area contributed by atoms with Gasteiger partial charge >= 0.3 is 0 Å². The summed E-state index contributed by atoms with van der Waals surface area (Å²) in [4.78, 5) is 0. The Hall–Kier alpha value is -2.70. The molecule has 0 N–H and O–H groups in total. The second-order valence-electron chi connectivity index (χ2n) is 8.55. The number of benzene rings is 2. The van der Waals surface area contributed by atoms with Crippen molar-refractivity contribution >= 4 is 0 Å². The third kappa shape index (κ3) is 3.86. The Morgan fingerprint density at radius 1 is 0.871 bits per heavy atom. The van der Waals surface area contributed by atoms with Crippen LogP contribution < -0.4 is 18.9 Å². The van der Waals surface area contributed by atoms with Gasteiger partial charge in [0.2, 0.25) is 6.79 Å². The summed E-state index contributed by atoms with van der Waals surface area (Å²) < 4.78 is 34.8. The SMILES string of the molecule is COc1cc(C2OCC3C(c4ccc5c(c4)OCO5)OCC23)ccc1OC=CC(C)C. The van der Waals surface area contributed by atoms with Crippen molar-refractivity contribution in [3.05, 3.63) is 59.9 Å². The lowest BCUT2D eigenvalue weighted by Gasteiger charge is -2.18. The number of rotatable bonds is 6. The van der Waals surface area contributed by atoms with Crippen LogP contribution in [0.15, 0.2) is 48.7 Å². The summed E-state index contributed by atoms with van der Waals surface area (Å²) in [6, 6.07) is 12.1. The van der Waals surface area contributed by atoms with Crippen LogP contribution in [0, 0.1) is 17.8 Å². The largest absolute Gasteiger partial charge is 0.493 e. The van der Waals surface area contributed by atoms with Gasteiger partial charge in [-0.05, 0) is 47.4 Å². The lowest BCUT2D eigenvalue weighted by Crippen LogP contribution is -2.14. The molecule has 3 aliphatic heterocycles. The van der Waals surface area contributed by atoms with Gasteiger partial charge in [0.1, 0.15) is 0 Å². The number of hydrogen-bond donors (Lipinski definition) is 0. The minimum Gasteiger partial charge on any atom is -0.493 e. The first-order valence-corrected chi connectivity index (χ1v) is 10.8. The molecule has 0 amide bonds. The van der Waals surface area contributed by atoms with E-state index in [0.29, 0.717) is 36.5 Å². The first-order valence-electron chi connectivity index (χ1n) is 10.8. The van der Waals surface area contributed by atoms with E-state index in [1.165, 1.54) is 0 Å². The number of fused-ring (bicyclic) bond motifs is 2. The highest BCUT2D eigenvalue weighted by molar-refractivity contribution is 5.46. The van der Waals surface area contributed by atoms with Gasteiger partial charge in [-0.25, -0.2) is 0 Å². The van der Waals surface area contributed by atoms with E-state index >= 15 is 0 Å². The van der Waals surface area contributed by atoms with E-state index < -0.39 is 0 Å². The van der Waals surface area contributed by atoms with Crippen LogP contribution in [0.4, 0.5) is 0 Å². The molecule has 2 aromatic rings. The average molecular weight is 424 g/mol. The summed E-state index contributed by atoms with van der Waals surface area (Å²) in [6.45, 7) is 5.80. The maximum atomic E-state index is 6.26. The van der Waals surface area contributed by atoms with Crippen LogP contribution in [0.1, 0.15) is 37.2 Å². The smallest absolute Gasteiger partial charge is 0.231 e. The van der Waals surface area contributed by atoms with E-state index in [1.807, 2.05) is 30.3 Å². The monoisotopic (exact) mass is 424 g/mol. The zero-order valence-electron chi connectivity index (χ0n) is 18.1. The summed E-state index contributed by atoms with van der Waals surface area (Å²) in [5.41, 5.74) is 2.19. The maximum absolute atomic E-state index is 6.26. The van der Waals surface area contributed by atoms with Gasteiger partial charge in [-0.15, -0.1) is 0 Å². The normalized spacial score (nSPS) is 26.6. The summed E-state index contributed by atoms with van der Waals surface area (Å²) in [5, 5.41) is 0. The molecule has 2 aromatic carbocycles. The summed E-state index contributed by atoms with van der Waals surface area (Å²) in [6.07, 6.45) is 3.68. The number of hydrogen-bond acceptors (Lipinski definition) is 6. The van der Waals surface area contributed by atoms with Gasteiger partial charge in [-0.1, -0.05) is 26.0 Å². The third-order valence-electron chi connectivity index (χ3n) is 6.16. The van der Waals surface area contributed by atoms with Crippen molar-refractivity contribution in [2.75, 3.05) is 27.1 Å². The van der Waals surface area contributed by atoms with Crippen molar-refractivity contribution in [1.82, 2.24) is 0 Å². The predicted molar refractivity (Wildman–Crippen MR) is 115 cm³/mol. The Kier molecular flexibility index (Phi) is 5.50. The molecule has 6 heteroatoms. The van der Waals surface area contributed by atoms with Crippen molar-refractivity contribution in [1.29, 1.82) is 0 Å². The van der Waals surface area contributed by atoms with Gasteiger partial charge in [0, 0.05) is 11.8 Å². The Balaban J connectivity index is 1.33. The van der Waals surface area contributed by atoms with Crippen molar-refractivity contribution < 1.29 is 28.4 Å². The van der Waals surface area contributed by atoms with Crippen molar-refractivity contribution in [2.24, 2.45) is 17.8 Å². The molecule has 3 aliphatic rings. The van der Waals surface area contributed by atoms with Gasteiger partial charge in [0.05, 0.1) is 38.8 Å². The molecule has 4 atom stereocenters. The Labute approximate surface area is 182 Å². The van der Waals surface area contributed by atoms with Crippen LogP contribution in [0.5, 0.6) is 23.0 Å². The third-order valence-corrected chi connectivity index (χ3v) is 6.16. The molecule has 2 fully saturated rings. The molecule has 0 saturated carbocycles. The summed E-state index contributed by atoms with van der Waals surface area (Å²) in [5.74, 6) is 3.97. The zero-order chi connectivity index (χ0) is 21.4. The van der Waals surface area contributed by atoms with Gasteiger partial charge in [-0.3, -0.25) is 0 Å². The summed E-state index contributed by atoms with van der Waals surface area (Å²) >= 11 is 0. The maximum Gasteiger partial charge on any atom is 0.231 e. The van der Waals surface area contributed by atoms with Crippen LogP contribution in [-0.4, -0.2) is 27.1 Å². The Morgan fingerprint density at radius 2 is 1.55 bits per heavy atom. The molecule has 0 spiro atoms. The molecule has 4 unspecified atom stereocenters. The lowest BCUT2D eigenvalue weighted by atomic mass is 9.85. The minimum atomic E-state index is -0.0295. The Bertz CT molecular complexity index is 968. The molecule has 2 saturated heterocycles. The van der Waals surface area contributed by atoms with Gasteiger partial charge in [0.25, 0.3) is 0 Å². The van der Waals surface area contributed by atoms with Crippen LogP contribution in [-0.2, 0) is 9.47 Å². The molecule has 6 nitrogen and oxygen atoms in total. The van der Waals surface area contributed by atoms with E-state index in [9.17, 15) is 0 Å². The van der Waals surface area contributed by atoms with Crippen molar-refractivity contribution in [2.45, 2.75) is 26.1 Å². The van der Waals surface area contributed by atoms with E-state index in [1.54, 1.807) is 13.4 Å². The van der Waals surface area contributed by atoms with Gasteiger partial charge < -0.3 is 28.4 Å². The van der Waals surface area contributed by atoms with Crippen LogP contribution >= 0.6 is 0 Å². The molecule has 0 bridgehead atoms. The molecule has 0 radical (unpaired) electrons. The minimum absolute atomic E-state index is 0.00447. The summed E-state index contributed by atoms with van der Waals surface area (Å²) in [7, 11) is 1.66. The molecule has 0 aromatic heterocycles. The molecule has 0 aliphatic carbocycles. The molecular weight excluding hydrogens is 396 g/mol. The average Bonchev–Trinajstić information content (AvgIpc) is 3.49. The number of allylic oxidation sites excluding steroid dienone is 1. The quantitative estimate of drug-likeness (QED) is 0.605. The molecule has 3 heterocycles. The van der Waals surface area contributed by atoms with E-state index in [0.717, 1.165) is 22.6 Å². The first-order chi connectivity index (χ1) is 15.1. The lowest BCUT2D eigenvalue weighted by molar-refractivity contribution is 0.0191. The van der Waals surface area contributed by atoms with Crippen molar-refractivity contribution in [3.63, 3.8) is 0 Å². The fraction of sp³-hybridized carbons (Fsp3) is 0.440.